The van der Waals surface area contributed by atoms with E-state index in [-0.39, 0.29) is 5.78 Å². The van der Waals surface area contributed by atoms with Crippen LogP contribution in [0.5, 0.6) is 5.75 Å². The molecule has 0 unspecified atom stereocenters. The fourth-order valence-electron chi connectivity index (χ4n) is 2.18. The van der Waals surface area contributed by atoms with Crippen LogP contribution in [0.4, 0.5) is 0 Å². The molecule has 0 spiro atoms. The summed E-state index contributed by atoms with van der Waals surface area (Å²) in [5.74, 6) is 0.931. The summed E-state index contributed by atoms with van der Waals surface area (Å²) in [5, 5.41) is 0. The summed E-state index contributed by atoms with van der Waals surface area (Å²) in [6.45, 7) is 4.75. The first-order valence-corrected chi connectivity index (χ1v) is 7.54. The smallest absolute Gasteiger partial charge is 0.166 e. The van der Waals surface area contributed by atoms with Crippen LogP contribution in [0.15, 0.2) is 24.3 Å². The van der Waals surface area contributed by atoms with E-state index in [0.717, 1.165) is 24.2 Å². The molecule has 106 valence electrons. The summed E-state index contributed by atoms with van der Waals surface area (Å²) in [4.78, 5) is 12.1. The van der Waals surface area contributed by atoms with E-state index in [1.807, 2.05) is 31.2 Å². The Balaban J connectivity index is 2.36. The Morgan fingerprint density at radius 2 is 1.68 bits per heavy atom. The third-order valence-corrected chi connectivity index (χ3v) is 3.24. The van der Waals surface area contributed by atoms with Crippen LogP contribution < -0.4 is 4.74 Å². The van der Waals surface area contributed by atoms with Gasteiger partial charge in [0.05, 0.1) is 12.2 Å². The van der Waals surface area contributed by atoms with Crippen molar-refractivity contribution < 1.29 is 9.53 Å². The molecule has 0 saturated heterocycles. The van der Waals surface area contributed by atoms with Gasteiger partial charge in [0, 0.05) is 6.42 Å². The molecule has 0 amide bonds. The highest BCUT2D eigenvalue weighted by molar-refractivity contribution is 5.98. The molecule has 0 bridgehead atoms. The predicted molar refractivity (Wildman–Crippen MR) is 79.9 cm³/mol. The van der Waals surface area contributed by atoms with Crippen molar-refractivity contribution in [1.29, 1.82) is 0 Å². The lowest BCUT2D eigenvalue weighted by atomic mass is 10.0. The number of carbonyl (C=O) groups excluding carboxylic acids is 1. The molecular weight excluding hydrogens is 236 g/mol. The van der Waals surface area contributed by atoms with Gasteiger partial charge in [-0.3, -0.25) is 4.79 Å². The number of hydrogen-bond acceptors (Lipinski definition) is 2. The summed E-state index contributed by atoms with van der Waals surface area (Å²) in [6, 6.07) is 7.55. The number of Topliss-reactive ketones (excluding diaryl/α,β-unsaturated/α-hetero) is 1. The van der Waals surface area contributed by atoms with Gasteiger partial charge < -0.3 is 4.74 Å². The van der Waals surface area contributed by atoms with Gasteiger partial charge in [-0.1, -0.05) is 51.2 Å². The topological polar surface area (TPSA) is 26.3 Å². The van der Waals surface area contributed by atoms with Crippen LogP contribution in [-0.2, 0) is 0 Å². The van der Waals surface area contributed by atoms with Gasteiger partial charge in [-0.2, -0.15) is 0 Å². The standard InChI is InChI=1S/C17H26O2/c1-3-5-6-7-8-9-13-16(18)15-12-10-11-14-17(15)19-4-2/h10-12,14H,3-9,13H2,1-2H3. The molecule has 0 fully saturated rings. The molecular formula is C17H26O2. The molecule has 0 aliphatic rings. The summed E-state index contributed by atoms with van der Waals surface area (Å²) in [6.07, 6.45) is 7.89. The normalized spacial score (nSPS) is 10.4. The number of ether oxygens (including phenoxy) is 1. The van der Waals surface area contributed by atoms with E-state index in [1.165, 1.54) is 25.7 Å². The molecule has 19 heavy (non-hydrogen) atoms. The molecule has 0 aliphatic carbocycles. The molecule has 0 radical (unpaired) electrons. The molecule has 0 aliphatic heterocycles. The quantitative estimate of drug-likeness (QED) is 0.437. The average molecular weight is 262 g/mol. The minimum Gasteiger partial charge on any atom is -0.493 e. The zero-order chi connectivity index (χ0) is 13.9. The monoisotopic (exact) mass is 262 g/mol. The van der Waals surface area contributed by atoms with E-state index >= 15 is 0 Å². The van der Waals surface area contributed by atoms with Crippen LogP contribution in [0, 0.1) is 0 Å². The fourth-order valence-corrected chi connectivity index (χ4v) is 2.18. The van der Waals surface area contributed by atoms with Crippen molar-refractivity contribution in [1.82, 2.24) is 0 Å². The zero-order valence-electron chi connectivity index (χ0n) is 12.3. The van der Waals surface area contributed by atoms with E-state index in [2.05, 4.69) is 6.92 Å². The molecule has 1 aromatic rings. The van der Waals surface area contributed by atoms with Crippen LogP contribution in [0.25, 0.3) is 0 Å². The van der Waals surface area contributed by atoms with Crippen molar-refractivity contribution >= 4 is 5.78 Å². The zero-order valence-corrected chi connectivity index (χ0v) is 12.3. The highest BCUT2D eigenvalue weighted by Gasteiger charge is 2.11. The van der Waals surface area contributed by atoms with Gasteiger partial charge in [0.25, 0.3) is 0 Å². The number of para-hydroxylation sites is 1. The number of hydrogen-bond donors (Lipinski definition) is 0. The molecule has 2 heteroatoms. The van der Waals surface area contributed by atoms with Gasteiger partial charge >= 0.3 is 0 Å². The minimum atomic E-state index is 0.208. The summed E-state index contributed by atoms with van der Waals surface area (Å²) in [5.41, 5.74) is 0.734. The van der Waals surface area contributed by atoms with E-state index in [4.69, 9.17) is 4.74 Å². The Morgan fingerprint density at radius 3 is 2.42 bits per heavy atom. The van der Waals surface area contributed by atoms with Crippen molar-refractivity contribution in [2.24, 2.45) is 0 Å². The lowest BCUT2D eigenvalue weighted by molar-refractivity contribution is 0.0975. The van der Waals surface area contributed by atoms with Crippen molar-refractivity contribution in [3.8, 4) is 5.75 Å². The van der Waals surface area contributed by atoms with Crippen LogP contribution in [0.2, 0.25) is 0 Å². The second kappa shape index (κ2) is 9.60. The SMILES string of the molecule is CCCCCCCCC(=O)c1ccccc1OCC. The summed E-state index contributed by atoms with van der Waals surface area (Å²) < 4.78 is 5.50. The fraction of sp³-hybridized carbons (Fsp3) is 0.588. The highest BCUT2D eigenvalue weighted by atomic mass is 16.5. The van der Waals surface area contributed by atoms with E-state index in [1.54, 1.807) is 0 Å². The summed E-state index contributed by atoms with van der Waals surface area (Å²) in [7, 11) is 0. The van der Waals surface area contributed by atoms with Crippen LogP contribution in [-0.4, -0.2) is 12.4 Å². The molecule has 0 atom stereocenters. The molecule has 2 nitrogen and oxygen atoms in total. The van der Waals surface area contributed by atoms with Crippen molar-refractivity contribution in [3.63, 3.8) is 0 Å². The molecule has 0 aromatic heterocycles. The van der Waals surface area contributed by atoms with Gasteiger partial charge in [-0.25, -0.2) is 0 Å². The molecule has 0 saturated carbocycles. The maximum atomic E-state index is 12.1. The number of unbranched alkanes of at least 4 members (excludes halogenated alkanes) is 5. The second-order valence-corrected chi connectivity index (χ2v) is 4.87. The number of ketones is 1. The minimum absolute atomic E-state index is 0.208. The first kappa shape index (κ1) is 15.7. The van der Waals surface area contributed by atoms with Crippen LogP contribution in [0.3, 0.4) is 0 Å². The van der Waals surface area contributed by atoms with Crippen LogP contribution in [0.1, 0.15) is 69.2 Å². The van der Waals surface area contributed by atoms with E-state index < -0.39 is 0 Å². The van der Waals surface area contributed by atoms with Crippen molar-refractivity contribution in [2.75, 3.05) is 6.61 Å². The largest absolute Gasteiger partial charge is 0.493 e. The molecule has 0 heterocycles. The van der Waals surface area contributed by atoms with Gasteiger partial charge in [0.1, 0.15) is 5.75 Å². The predicted octanol–water partition coefficient (Wildman–Crippen LogP) is 5.02. The Hall–Kier alpha value is -1.31. The van der Waals surface area contributed by atoms with E-state index in [0.29, 0.717) is 13.0 Å². The van der Waals surface area contributed by atoms with Crippen LogP contribution >= 0.6 is 0 Å². The second-order valence-electron chi connectivity index (χ2n) is 4.87. The number of carbonyl (C=O) groups is 1. The highest BCUT2D eigenvalue weighted by Crippen LogP contribution is 2.20. The van der Waals surface area contributed by atoms with Gasteiger partial charge in [-0.15, -0.1) is 0 Å². The third-order valence-electron chi connectivity index (χ3n) is 3.24. The molecule has 0 N–H and O–H groups in total. The van der Waals surface area contributed by atoms with Gasteiger partial charge in [0.2, 0.25) is 0 Å². The van der Waals surface area contributed by atoms with E-state index in [9.17, 15) is 4.79 Å². The molecule has 1 rings (SSSR count). The Bertz CT molecular complexity index is 371. The molecule has 1 aromatic carbocycles. The number of rotatable bonds is 10. The maximum absolute atomic E-state index is 12.1. The summed E-state index contributed by atoms with van der Waals surface area (Å²) >= 11 is 0. The third kappa shape index (κ3) is 5.91. The average Bonchev–Trinajstić information content (AvgIpc) is 2.43. The van der Waals surface area contributed by atoms with Crippen molar-refractivity contribution in [3.05, 3.63) is 29.8 Å². The first-order chi connectivity index (χ1) is 9.29. The lowest BCUT2D eigenvalue weighted by Gasteiger charge is -2.08. The Morgan fingerprint density at radius 1 is 1.00 bits per heavy atom. The van der Waals surface area contributed by atoms with Gasteiger partial charge in [0.15, 0.2) is 5.78 Å². The first-order valence-electron chi connectivity index (χ1n) is 7.54. The number of benzene rings is 1. The lowest BCUT2D eigenvalue weighted by Crippen LogP contribution is -2.03. The maximum Gasteiger partial charge on any atom is 0.166 e. The van der Waals surface area contributed by atoms with Crippen molar-refractivity contribution in [2.45, 2.75) is 58.8 Å². The van der Waals surface area contributed by atoms with Gasteiger partial charge in [-0.05, 0) is 25.5 Å². The Kier molecular flexibility index (Phi) is 7.95. The Labute approximate surface area is 117 Å².